The van der Waals surface area contributed by atoms with E-state index in [1.165, 1.54) is 0 Å². The van der Waals surface area contributed by atoms with E-state index in [-0.39, 0.29) is 0 Å². The molecule has 3 heteroatoms. The van der Waals surface area contributed by atoms with Gasteiger partial charge in [0.05, 0.1) is 12.0 Å². The molecule has 2 rings (SSSR count). The summed E-state index contributed by atoms with van der Waals surface area (Å²) in [6, 6.07) is 3.00. The van der Waals surface area contributed by atoms with Gasteiger partial charge in [-0.25, -0.2) is 0 Å². The first-order chi connectivity index (χ1) is 5.40. The van der Waals surface area contributed by atoms with Crippen LogP contribution in [0.5, 0.6) is 0 Å². The molecule has 0 radical (unpaired) electrons. The maximum atomic E-state index is 8.72. The number of nitrogens with zero attached hydrogens (tertiary/aromatic N) is 2. The molecule has 2 aliphatic rings. The predicted molar refractivity (Wildman–Crippen MR) is 42.0 cm³/mol. The van der Waals surface area contributed by atoms with Crippen molar-refractivity contribution in [2.45, 2.75) is 12.5 Å². The van der Waals surface area contributed by atoms with Crippen LogP contribution in [0.15, 0.2) is 0 Å². The van der Waals surface area contributed by atoms with Crippen molar-refractivity contribution in [3.05, 3.63) is 0 Å². The molecule has 0 aromatic carbocycles. The molecule has 1 N–H and O–H groups in total. The summed E-state index contributed by atoms with van der Waals surface area (Å²) in [6.45, 7) is 4.30. The fourth-order valence-corrected chi connectivity index (χ4v) is 2.06. The minimum atomic E-state index is 0.292. The van der Waals surface area contributed by atoms with Crippen LogP contribution < -0.4 is 5.32 Å². The Morgan fingerprint density at radius 2 is 2.45 bits per heavy atom. The van der Waals surface area contributed by atoms with Crippen LogP contribution in [0.25, 0.3) is 0 Å². The summed E-state index contributed by atoms with van der Waals surface area (Å²) in [7, 11) is 0. The summed E-state index contributed by atoms with van der Waals surface area (Å²) in [6.07, 6.45) is 1.07. The van der Waals surface area contributed by atoms with Gasteiger partial charge in [-0.05, 0) is 6.42 Å². The molecule has 0 spiro atoms. The molecule has 0 aromatic heterocycles. The van der Waals surface area contributed by atoms with E-state index < -0.39 is 0 Å². The lowest BCUT2D eigenvalue weighted by Gasteiger charge is -2.29. The normalized spacial score (nSPS) is 38.1. The third-order valence-electron chi connectivity index (χ3n) is 2.67. The van der Waals surface area contributed by atoms with Crippen molar-refractivity contribution in [1.29, 1.82) is 5.26 Å². The molecule has 0 aromatic rings. The fraction of sp³-hybridized carbons (Fsp3) is 0.875. The van der Waals surface area contributed by atoms with Gasteiger partial charge >= 0.3 is 0 Å². The molecule has 2 unspecified atom stereocenters. The van der Waals surface area contributed by atoms with E-state index in [9.17, 15) is 0 Å². The van der Waals surface area contributed by atoms with Crippen molar-refractivity contribution in [2.24, 2.45) is 5.92 Å². The number of nitriles is 1. The van der Waals surface area contributed by atoms with Crippen molar-refractivity contribution in [2.75, 3.05) is 26.2 Å². The number of nitrogens with one attached hydrogen (secondary N) is 1. The van der Waals surface area contributed by atoms with Crippen LogP contribution in [0.1, 0.15) is 6.42 Å². The van der Waals surface area contributed by atoms with Gasteiger partial charge in [0.2, 0.25) is 0 Å². The topological polar surface area (TPSA) is 39.1 Å². The predicted octanol–water partition coefficient (Wildman–Crippen LogP) is -0.196. The second kappa shape index (κ2) is 2.80. The highest BCUT2D eigenvalue weighted by Crippen LogP contribution is 2.22. The maximum absolute atomic E-state index is 8.72. The second-order valence-corrected chi connectivity index (χ2v) is 3.41. The number of hydrogen-bond donors (Lipinski definition) is 1. The number of fused-ring (bicyclic) bond motifs is 1. The summed E-state index contributed by atoms with van der Waals surface area (Å²) < 4.78 is 0. The Morgan fingerprint density at radius 1 is 1.55 bits per heavy atom. The smallest absolute Gasteiger partial charge is 0.0669 e. The molecule has 0 bridgehead atoms. The van der Waals surface area contributed by atoms with E-state index in [1.54, 1.807) is 0 Å². The molecular formula is C8H13N3. The Kier molecular flexibility index (Phi) is 1.80. The van der Waals surface area contributed by atoms with E-state index in [0.29, 0.717) is 12.0 Å². The molecule has 2 saturated heterocycles. The molecule has 3 nitrogen and oxygen atoms in total. The molecular weight excluding hydrogens is 138 g/mol. The Balaban J connectivity index is 1.99. The first kappa shape index (κ1) is 7.08. The van der Waals surface area contributed by atoms with Crippen LogP contribution in [-0.2, 0) is 0 Å². The zero-order valence-corrected chi connectivity index (χ0v) is 6.58. The summed E-state index contributed by atoms with van der Waals surface area (Å²) >= 11 is 0. The van der Waals surface area contributed by atoms with Crippen molar-refractivity contribution in [3.63, 3.8) is 0 Å². The molecule has 60 valence electrons. The van der Waals surface area contributed by atoms with Crippen molar-refractivity contribution in [1.82, 2.24) is 10.2 Å². The van der Waals surface area contributed by atoms with Gasteiger partial charge in [-0.3, -0.25) is 4.90 Å². The highest BCUT2D eigenvalue weighted by atomic mass is 15.2. The van der Waals surface area contributed by atoms with Gasteiger partial charge in [-0.2, -0.15) is 5.26 Å². The van der Waals surface area contributed by atoms with Gasteiger partial charge < -0.3 is 5.32 Å². The van der Waals surface area contributed by atoms with Gasteiger partial charge in [0.15, 0.2) is 0 Å². The van der Waals surface area contributed by atoms with E-state index in [4.69, 9.17) is 5.26 Å². The summed E-state index contributed by atoms with van der Waals surface area (Å²) in [5.74, 6) is 0.292. The Morgan fingerprint density at radius 3 is 3.18 bits per heavy atom. The monoisotopic (exact) mass is 151 g/mol. The second-order valence-electron chi connectivity index (χ2n) is 3.41. The molecule has 0 amide bonds. The van der Waals surface area contributed by atoms with Crippen molar-refractivity contribution in [3.8, 4) is 6.07 Å². The first-order valence-electron chi connectivity index (χ1n) is 4.24. The van der Waals surface area contributed by atoms with Crippen LogP contribution in [-0.4, -0.2) is 37.1 Å². The van der Waals surface area contributed by atoms with Crippen LogP contribution in [0.2, 0.25) is 0 Å². The third-order valence-corrected chi connectivity index (χ3v) is 2.67. The van der Waals surface area contributed by atoms with Crippen LogP contribution >= 0.6 is 0 Å². The van der Waals surface area contributed by atoms with E-state index in [0.717, 1.165) is 32.6 Å². The van der Waals surface area contributed by atoms with Crippen LogP contribution in [0.3, 0.4) is 0 Å². The highest BCUT2D eigenvalue weighted by Gasteiger charge is 2.33. The lowest BCUT2D eigenvalue weighted by Crippen LogP contribution is -2.47. The molecule has 2 atom stereocenters. The van der Waals surface area contributed by atoms with E-state index >= 15 is 0 Å². The highest BCUT2D eigenvalue weighted by molar-refractivity contribution is 4.98. The Hall–Kier alpha value is -0.590. The molecule has 0 saturated carbocycles. The molecule has 2 heterocycles. The standard InChI is InChI=1S/C8H13N3/c9-4-7-3-8-5-10-1-2-11(8)6-7/h7-8,10H,1-3,5-6H2. The average molecular weight is 151 g/mol. The molecule has 2 aliphatic heterocycles. The maximum Gasteiger partial charge on any atom is 0.0669 e. The molecule has 11 heavy (non-hydrogen) atoms. The zero-order chi connectivity index (χ0) is 7.68. The quantitative estimate of drug-likeness (QED) is 0.521. The van der Waals surface area contributed by atoms with Gasteiger partial charge in [0, 0.05) is 32.2 Å². The molecule has 0 aliphatic carbocycles. The van der Waals surface area contributed by atoms with Crippen LogP contribution in [0.4, 0.5) is 0 Å². The Labute approximate surface area is 67.0 Å². The lowest BCUT2D eigenvalue weighted by atomic mass is 10.1. The average Bonchev–Trinajstić information content (AvgIpc) is 2.46. The van der Waals surface area contributed by atoms with Crippen LogP contribution in [0, 0.1) is 17.2 Å². The van der Waals surface area contributed by atoms with Crippen molar-refractivity contribution < 1.29 is 0 Å². The first-order valence-corrected chi connectivity index (χ1v) is 4.24. The van der Waals surface area contributed by atoms with E-state index in [2.05, 4.69) is 16.3 Å². The minimum absolute atomic E-state index is 0.292. The number of hydrogen-bond acceptors (Lipinski definition) is 3. The summed E-state index contributed by atoms with van der Waals surface area (Å²) in [4.78, 5) is 2.43. The summed E-state index contributed by atoms with van der Waals surface area (Å²) in [5, 5.41) is 12.1. The van der Waals surface area contributed by atoms with E-state index in [1.807, 2.05) is 0 Å². The SMILES string of the molecule is N#CC1CC2CNCCN2C1. The fourth-order valence-electron chi connectivity index (χ4n) is 2.06. The molecule has 2 fully saturated rings. The van der Waals surface area contributed by atoms with Gasteiger partial charge in [0.1, 0.15) is 0 Å². The Bertz CT molecular complexity index is 170. The van der Waals surface area contributed by atoms with Gasteiger partial charge in [0.25, 0.3) is 0 Å². The largest absolute Gasteiger partial charge is 0.314 e. The van der Waals surface area contributed by atoms with Crippen molar-refractivity contribution >= 4 is 0 Å². The zero-order valence-electron chi connectivity index (χ0n) is 6.58. The minimum Gasteiger partial charge on any atom is -0.314 e. The number of rotatable bonds is 0. The third kappa shape index (κ3) is 1.24. The lowest BCUT2D eigenvalue weighted by molar-refractivity contribution is 0.211. The van der Waals surface area contributed by atoms with Gasteiger partial charge in [-0.1, -0.05) is 0 Å². The summed E-state index contributed by atoms with van der Waals surface area (Å²) in [5.41, 5.74) is 0. The van der Waals surface area contributed by atoms with Gasteiger partial charge in [-0.15, -0.1) is 0 Å². The number of piperazine rings is 1.